The molecule has 100 valence electrons. The molecule has 1 N–H and O–H groups in total. The Balaban J connectivity index is 2.56. The van der Waals surface area contributed by atoms with Crippen molar-refractivity contribution in [1.29, 1.82) is 0 Å². The third kappa shape index (κ3) is 4.70. The zero-order valence-corrected chi connectivity index (χ0v) is 11.2. The van der Waals surface area contributed by atoms with Gasteiger partial charge in [-0.3, -0.25) is 10.1 Å². The Labute approximate surface area is 106 Å². The molecule has 0 aromatic heterocycles. The average Bonchev–Trinajstić information content (AvgIpc) is 2.24. The topological polar surface area (TPSA) is 89.3 Å². The summed E-state index contributed by atoms with van der Waals surface area (Å²) < 4.78 is 21.9. The van der Waals surface area contributed by atoms with Crippen molar-refractivity contribution in [2.75, 3.05) is 23.9 Å². The standard InChI is InChI=1S/C11H16N2O4S/c1-9-8-10(13(14)15)4-5-11(9)12-6-3-7-18(2,16)17/h4-5,8,12H,3,6-7H2,1-2H3. The van der Waals surface area contributed by atoms with E-state index in [-0.39, 0.29) is 11.4 Å². The highest BCUT2D eigenvalue weighted by Gasteiger charge is 2.08. The molecule has 0 radical (unpaired) electrons. The van der Waals surface area contributed by atoms with Gasteiger partial charge in [0.25, 0.3) is 5.69 Å². The van der Waals surface area contributed by atoms with E-state index in [0.717, 1.165) is 11.3 Å². The summed E-state index contributed by atoms with van der Waals surface area (Å²) in [4.78, 5) is 10.1. The molecule has 0 amide bonds. The third-order valence-electron chi connectivity index (χ3n) is 2.43. The number of non-ortho nitro benzene ring substituents is 1. The fourth-order valence-corrected chi connectivity index (χ4v) is 2.19. The number of hydrogen-bond donors (Lipinski definition) is 1. The van der Waals surface area contributed by atoms with Crippen molar-refractivity contribution < 1.29 is 13.3 Å². The molecule has 0 aliphatic heterocycles. The molecule has 0 saturated heterocycles. The molecule has 0 heterocycles. The molecule has 0 unspecified atom stereocenters. The zero-order chi connectivity index (χ0) is 13.8. The Morgan fingerprint density at radius 3 is 2.56 bits per heavy atom. The highest BCUT2D eigenvalue weighted by Crippen LogP contribution is 2.20. The second-order valence-electron chi connectivity index (χ2n) is 4.17. The van der Waals surface area contributed by atoms with Crippen molar-refractivity contribution in [2.24, 2.45) is 0 Å². The van der Waals surface area contributed by atoms with Crippen LogP contribution in [0.1, 0.15) is 12.0 Å². The molecule has 0 saturated carbocycles. The number of rotatable bonds is 6. The van der Waals surface area contributed by atoms with Gasteiger partial charge >= 0.3 is 0 Å². The summed E-state index contributed by atoms with van der Waals surface area (Å²) in [6, 6.07) is 4.54. The molecule has 0 bridgehead atoms. The third-order valence-corrected chi connectivity index (χ3v) is 3.46. The number of benzene rings is 1. The normalized spacial score (nSPS) is 11.2. The molecule has 1 rings (SSSR count). The van der Waals surface area contributed by atoms with Crippen LogP contribution in [-0.2, 0) is 9.84 Å². The van der Waals surface area contributed by atoms with Gasteiger partial charge in [-0.2, -0.15) is 0 Å². The molecule has 7 heteroatoms. The number of anilines is 1. The number of nitrogens with one attached hydrogen (secondary N) is 1. The van der Waals surface area contributed by atoms with E-state index in [1.54, 1.807) is 13.0 Å². The van der Waals surface area contributed by atoms with Crippen LogP contribution in [0.3, 0.4) is 0 Å². The highest BCUT2D eigenvalue weighted by atomic mass is 32.2. The van der Waals surface area contributed by atoms with Gasteiger partial charge in [-0.05, 0) is 25.0 Å². The van der Waals surface area contributed by atoms with Gasteiger partial charge in [0.2, 0.25) is 0 Å². The Hall–Kier alpha value is -1.63. The van der Waals surface area contributed by atoms with E-state index in [0.29, 0.717) is 13.0 Å². The zero-order valence-electron chi connectivity index (χ0n) is 10.3. The summed E-state index contributed by atoms with van der Waals surface area (Å²) in [6.45, 7) is 2.29. The first-order chi connectivity index (χ1) is 8.29. The minimum atomic E-state index is -2.94. The fraction of sp³-hybridized carbons (Fsp3) is 0.455. The highest BCUT2D eigenvalue weighted by molar-refractivity contribution is 7.90. The van der Waals surface area contributed by atoms with Crippen LogP contribution in [-0.4, -0.2) is 31.9 Å². The van der Waals surface area contributed by atoms with Crippen molar-refractivity contribution in [3.63, 3.8) is 0 Å². The molecule has 6 nitrogen and oxygen atoms in total. The molecule has 0 spiro atoms. The predicted octanol–water partition coefficient (Wildman–Crippen LogP) is 1.75. The lowest BCUT2D eigenvalue weighted by Gasteiger charge is -2.08. The lowest BCUT2D eigenvalue weighted by molar-refractivity contribution is -0.384. The summed E-state index contributed by atoms with van der Waals surface area (Å²) in [6.07, 6.45) is 1.71. The summed E-state index contributed by atoms with van der Waals surface area (Å²) in [5.41, 5.74) is 1.60. The monoisotopic (exact) mass is 272 g/mol. The largest absolute Gasteiger partial charge is 0.385 e. The summed E-state index contributed by atoms with van der Waals surface area (Å²) >= 11 is 0. The lowest BCUT2D eigenvalue weighted by atomic mass is 10.2. The van der Waals surface area contributed by atoms with E-state index < -0.39 is 14.8 Å². The molecule has 1 aromatic rings. The molecular formula is C11H16N2O4S. The van der Waals surface area contributed by atoms with Gasteiger partial charge in [0.15, 0.2) is 0 Å². The van der Waals surface area contributed by atoms with Crippen LogP contribution < -0.4 is 5.32 Å². The van der Waals surface area contributed by atoms with Crippen LogP contribution >= 0.6 is 0 Å². The van der Waals surface area contributed by atoms with Gasteiger partial charge in [-0.1, -0.05) is 0 Å². The van der Waals surface area contributed by atoms with E-state index in [1.807, 2.05) is 0 Å². The molecule has 0 aliphatic carbocycles. The SMILES string of the molecule is Cc1cc([N+](=O)[O-])ccc1NCCCS(C)(=O)=O. The summed E-state index contributed by atoms with van der Waals surface area (Å²) in [5, 5.41) is 13.6. The van der Waals surface area contributed by atoms with Crippen molar-refractivity contribution in [1.82, 2.24) is 0 Å². The first-order valence-corrected chi connectivity index (χ1v) is 7.52. The van der Waals surface area contributed by atoms with Crippen molar-refractivity contribution >= 4 is 21.2 Å². The van der Waals surface area contributed by atoms with Gasteiger partial charge in [0, 0.05) is 30.6 Å². The Morgan fingerprint density at radius 2 is 2.06 bits per heavy atom. The van der Waals surface area contributed by atoms with Crippen molar-refractivity contribution in [2.45, 2.75) is 13.3 Å². The fourth-order valence-electron chi connectivity index (χ4n) is 1.52. The van der Waals surface area contributed by atoms with E-state index in [9.17, 15) is 18.5 Å². The number of nitro benzene ring substituents is 1. The number of nitro groups is 1. The first kappa shape index (κ1) is 14.4. The Morgan fingerprint density at radius 1 is 1.39 bits per heavy atom. The molecule has 0 atom stereocenters. The van der Waals surface area contributed by atoms with E-state index in [1.165, 1.54) is 18.4 Å². The average molecular weight is 272 g/mol. The maximum Gasteiger partial charge on any atom is 0.269 e. The van der Waals surface area contributed by atoms with Crippen LogP contribution in [0.2, 0.25) is 0 Å². The quantitative estimate of drug-likeness (QED) is 0.484. The maximum atomic E-state index is 10.9. The molecular weight excluding hydrogens is 256 g/mol. The van der Waals surface area contributed by atoms with Gasteiger partial charge in [0.05, 0.1) is 10.7 Å². The number of sulfone groups is 1. The molecule has 18 heavy (non-hydrogen) atoms. The molecule has 0 fully saturated rings. The predicted molar refractivity (Wildman–Crippen MR) is 70.7 cm³/mol. The van der Waals surface area contributed by atoms with Crippen molar-refractivity contribution in [3.05, 3.63) is 33.9 Å². The second kappa shape index (κ2) is 5.81. The number of hydrogen-bond acceptors (Lipinski definition) is 5. The van der Waals surface area contributed by atoms with Crippen LogP contribution in [0.4, 0.5) is 11.4 Å². The van der Waals surface area contributed by atoms with Gasteiger partial charge < -0.3 is 5.32 Å². The van der Waals surface area contributed by atoms with E-state index in [4.69, 9.17) is 0 Å². The minimum absolute atomic E-state index is 0.0502. The Kier molecular flexibility index (Phi) is 4.66. The molecule has 1 aromatic carbocycles. The van der Waals surface area contributed by atoms with Crippen LogP contribution in [0.15, 0.2) is 18.2 Å². The van der Waals surface area contributed by atoms with Gasteiger partial charge in [0.1, 0.15) is 9.84 Å². The van der Waals surface area contributed by atoms with Crippen LogP contribution in [0.5, 0.6) is 0 Å². The minimum Gasteiger partial charge on any atom is -0.385 e. The molecule has 0 aliphatic rings. The van der Waals surface area contributed by atoms with Crippen LogP contribution in [0.25, 0.3) is 0 Å². The second-order valence-corrected chi connectivity index (χ2v) is 6.43. The van der Waals surface area contributed by atoms with Crippen molar-refractivity contribution in [3.8, 4) is 0 Å². The first-order valence-electron chi connectivity index (χ1n) is 5.46. The summed E-state index contributed by atoms with van der Waals surface area (Å²) in [7, 11) is -2.94. The van der Waals surface area contributed by atoms with E-state index >= 15 is 0 Å². The van der Waals surface area contributed by atoms with Gasteiger partial charge in [-0.15, -0.1) is 0 Å². The van der Waals surface area contributed by atoms with Crippen LogP contribution in [0, 0.1) is 17.0 Å². The van der Waals surface area contributed by atoms with Gasteiger partial charge in [-0.25, -0.2) is 8.42 Å². The lowest BCUT2D eigenvalue weighted by Crippen LogP contribution is -2.10. The summed E-state index contributed by atoms with van der Waals surface area (Å²) in [5.74, 6) is 0.131. The van der Waals surface area contributed by atoms with E-state index in [2.05, 4.69) is 5.32 Å². The number of nitrogens with zero attached hydrogens (tertiary/aromatic N) is 1. The smallest absolute Gasteiger partial charge is 0.269 e. The Bertz CT molecular complexity index is 540. The number of aryl methyl sites for hydroxylation is 1. The maximum absolute atomic E-state index is 10.9.